The van der Waals surface area contributed by atoms with E-state index in [0.29, 0.717) is 6.61 Å². The quantitative estimate of drug-likeness (QED) is 0.542. The largest absolute Gasteiger partial charge is 0.376 e. The second-order valence-corrected chi connectivity index (χ2v) is 7.37. The van der Waals surface area contributed by atoms with Crippen LogP contribution in [-0.2, 0) is 9.53 Å². The van der Waals surface area contributed by atoms with E-state index in [1.807, 2.05) is 20.8 Å². The van der Waals surface area contributed by atoms with E-state index in [1.165, 1.54) is 12.1 Å². The first-order valence-electron chi connectivity index (χ1n) is 8.87. The lowest BCUT2D eigenvalue weighted by molar-refractivity contribution is -0.384. The zero-order chi connectivity index (χ0) is 20.1. The Morgan fingerprint density at radius 3 is 2.52 bits per heavy atom. The second kappa shape index (κ2) is 9.14. The molecule has 0 saturated carbocycles. The van der Waals surface area contributed by atoms with Crippen molar-refractivity contribution < 1.29 is 19.2 Å². The lowest BCUT2D eigenvalue weighted by Gasteiger charge is -2.26. The number of hydrogen-bond acceptors (Lipinski definition) is 5. The van der Waals surface area contributed by atoms with Crippen molar-refractivity contribution in [3.63, 3.8) is 0 Å². The molecular weight excluding hydrogens is 374 g/mol. The van der Waals surface area contributed by atoms with Crippen molar-refractivity contribution in [3.05, 3.63) is 38.9 Å². The summed E-state index contributed by atoms with van der Waals surface area (Å²) < 4.78 is 5.58. The van der Waals surface area contributed by atoms with Gasteiger partial charge in [0.25, 0.3) is 11.6 Å². The van der Waals surface area contributed by atoms with Crippen LogP contribution in [0, 0.1) is 16.0 Å². The third-order valence-electron chi connectivity index (χ3n) is 4.54. The van der Waals surface area contributed by atoms with E-state index in [1.54, 1.807) is 0 Å². The molecule has 2 rings (SSSR count). The number of hydrogen-bond donors (Lipinski definition) is 2. The van der Waals surface area contributed by atoms with Crippen LogP contribution in [0.15, 0.2) is 18.2 Å². The van der Waals surface area contributed by atoms with Gasteiger partial charge in [0.1, 0.15) is 6.04 Å². The van der Waals surface area contributed by atoms with Crippen LogP contribution in [-0.4, -0.2) is 41.5 Å². The number of carbonyl (C=O) groups is 2. The molecule has 1 aliphatic heterocycles. The van der Waals surface area contributed by atoms with E-state index in [-0.39, 0.29) is 40.2 Å². The number of halogens is 1. The van der Waals surface area contributed by atoms with Crippen molar-refractivity contribution in [2.24, 2.45) is 5.92 Å². The van der Waals surface area contributed by atoms with E-state index in [2.05, 4.69) is 10.6 Å². The van der Waals surface area contributed by atoms with Gasteiger partial charge in [0.2, 0.25) is 5.91 Å². The molecule has 1 aromatic carbocycles. The molecule has 3 atom stereocenters. The number of nitrogens with zero attached hydrogens (tertiary/aromatic N) is 1. The van der Waals surface area contributed by atoms with Crippen LogP contribution in [0.25, 0.3) is 0 Å². The standard InChI is InChI=1S/C18H24ClN3O5/c1-10(2)16(18(24)20-11(3)15-5-4-8-27-15)21-17(23)13-7-6-12(22(25)26)9-14(13)19/h6-7,9-11,15-16H,4-5,8H2,1-3H3,(H,20,24)(H,21,23). The third kappa shape index (κ3) is 5.40. The number of rotatable bonds is 7. The fourth-order valence-electron chi connectivity index (χ4n) is 2.96. The molecule has 2 N–H and O–H groups in total. The van der Waals surface area contributed by atoms with Gasteiger partial charge in [-0.15, -0.1) is 0 Å². The molecule has 1 saturated heterocycles. The predicted octanol–water partition coefficient (Wildman–Crippen LogP) is 2.69. The summed E-state index contributed by atoms with van der Waals surface area (Å²) in [6.45, 7) is 6.20. The highest BCUT2D eigenvalue weighted by Crippen LogP contribution is 2.23. The summed E-state index contributed by atoms with van der Waals surface area (Å²) in [6, 6.07) is 2.65. The number of nitrogens with one attached hydrogen (secondary N) is 2. The van der Waals surface area contributed by atoms with Gasteiger partial charge >= 0.3 is 0 Å². The Bertz CT molecular complexity index is 719. The smallest absolute Gasteiger partial charge is 0.270 e. The Morgan fingerprint density at radius 1 is 1.30 bits per heavy atom. The van der Waals surface area contributed by atoms with Crippen molar-refractivity contribution in [2.75, 3.05) is 6.61 Å². The minimum atomic E-state index is -0.771. The van der Waals surface area contributed by atoms with Crippen LogP contribution in [0.2, 0.25) is 5.02 Å². The summed E-state index contributed by atoms with van der Waals surface area (Å²) in [6.07, 6.45) is 1.83. The number of ether oxygens (including phenoxy) is 1. The molecule has 8 nitrogen and oxygen atoms in total. The van der Waals surface area contributed by atoms with Crippen LogP contribution >= 0.6 is 11.6 Å². The van der Waals surface area contributed by atoms with Gasteiger partial charge in [-0.2, -0.15) is 0 Å². The molecule has 27 heavy (non-hydrogen) atoms. The Labute approximate surface area is 162 Å². The van der Waals surface area contributed by atoms with Gasteiger partial charge in [0.15, 0.2) is 0 Å². The number of nitro groups is 1. The highest BCUT2D eigenvalue weighted by atomic mass is 35.5. The fourth-order valence-corrected chi connectivity index (χ4v) is 3.22. The molecule has 3 unspecified atom stereocenters. The van der Waals surface area contributed by atoms with Gasteiger partial charge < -0.3 is 15.4 Å². The van der Waals surface area contributed by atoms with Gasteiger partial charge in [-0.3, -0.25) is 19.7 Å². The van der Waals surface area contributed by atoms with Gasteiger partial charge in [-0.25, -0.2) is 0 Å². The molecule has 2 amide bonds. The van der Waals surface area contributed by atoms with Gasteiger partial charge in [0, 0.05) is 18.7 Å². The van der Waals surface area contributed by atoms with E-state index < -0.39 is 16.9 Å². The molecule has 0 aliphatic carbocycles. The molecule has 1 fully saturated rings. The molecule has 0 bridgehead atoms. The Hall–Kier alpha value is -2.19. The molecule has 9 heteroatoms. The van der Waals surface area contributed by atoms with Crippen LogP contribution in [0.5, 0.6) is 0 Å². The third-order valence-corrected chi connectivity index (χ3v) is 4.85. The Morgan fingerprint density at radius 2 is 2.00 bits per heavy atom. The van der Waals surface area contributed by atoms with Gasteiger partial charge in [-0.05, 0) is 31.7 Å². The first-order valence-corrected chi connectivity index (χ1v) is 9.25. The summed E-state index contributed by atoms with van der Waals surface area (Å²) in [5, 5.41) is 16.3. The average molecular weight is 398 g/mol. The lowest BCUT2D eigenvalue weighted by Crippen LogP contribution is -2.53. The summed E-state index contributed by atoms with van der Waals surface area (Å²) in [7, 11) is 0. The Balaban J connectivity index is 2.07. The molecule has 0 spiro atoms. The van der Waals surface area contributed by atoms with Crippen molar-refractivity contribution in [2.45, 2.75) is 51.8 Å². The molecular formula is C18H24ClN3O5. The Kier molecular flexibility index (Phi) is 7.15. The normalized spacial score (nSPS) is 18.8. The lowest BCUT2D eigenvalue weighted by atomic mass is 10.0. The topological polar surface area (TPSA) is 111 Å². The SMILES string of the molecule is CC(C)C(NC(=O)c1ccc([N+](=O)[O-])cc1Cl)C(=O)NC(C)C1CCCO1. The van der Waals surface area contributed by atoms with Crippen molar-refractivity contribution in [3.8, 4) is 0 Å². The fraction of sp³-hybridized carbons (Fsp3) is 0.556. The molecule has 0 radical (unpaired) electrons. The number of carbonyl (C=O) groups excluding carboxylic acids is 2. The van der Waals surface area contributed by atoms with E-state index in [4.69, 9.17) is 16.3 Å². The predicted molar refractivity (Wildman–Crippen MR) is 101 cm³/mol. The zero-order valence-corrected chi connectivity index (χ0v) is 16.3. The zero-order valence-electron chi connectivity index (χ0n) is 15.5. The minimum absolute atomic E-state index is 0.0263. The highest BCUT2D eigenvalue weighted by Gasteiger charge is 2.30. The number of nitro benzene ring substituents is 1. The first-order chi connectivity index (χ1) is 12.7. The summed E-state index contributed by atoms with van der Waals surface area (Å²) in [5.41, 5.74) is -0.131. The van der Waals surface area contributed by atoms with Crippen molar-refractivity contribution in [1.29, 1.82) is 0 Å². The van der Waals surface area contributed by atoms with E-state index in [0.717, 1.165) is 18.9 Å². The van der Waals surface area contributed by atoms with Gasteiger partial charge in [0.05, 0.1) is 27.7 Å². The first kappa shape index (κ1) is 21.1. The van der Waals surface area contributed by atoms with Crippen LogP contribution in [0.3, 0.4) is 0 Å². The molecule has 1 aliphatic rings. The molecule has 0 aromatic heterocycles. The van der Waals surface area contributed by atoms with Gasteiger partial charge in [-0.1, -0.05) is 25.4 Å². The maximum Gasteiger partial charge on any atom is 0.270 e. The number of benzene rings is 1. The average Bonchev–Trinajstić information content (AvgIpc) is 3.13. The molecule has 1 aromatic rings. The summed E-state index contributed by atoms with van der Waals surface area (Å²) in [4.78, 5) is 35.4. The van der Waals surface area contributed by atoms with Crippen LogP contribution < -0.4 is 10.6 Å². The van der Waals surface area contributed by atoms with E-state index >= 15 is 0 Å². The molecule has 148 valence electrons. The number of non-ortho nitro benzene ring substituents is 1. The second-order valence-electron chi connectivity index (χ2n) is 6.97. The van der Waals surface area contributed by atoms with Crippen LogP contribution in [0.4, 0.5) is 5.69 Å². The maximum absolute atomic E-state index is 12.6. The highest BCUT2D eigenvalue weighted by molar-refractivity contribution is 6.34. The van der Waals surface area contributed by atoms with E-state index in [9.17, 15) is 19.7 Å². The summed E-state index contributed by atoms with van der Waals surface area (Å²) >= 11 is 6.00. The van der Waals surface area contributed by atoms with Crippen molar-refractivity contribution >= 4 is 29.1 Å². The van der Waals surface area contributed by atoms with Crippen LogP contribution in [0.1, 0.15) is 44.0 Å². The minimum Gasteiger partial charge on any atom is -0.376 e. The number of amides is 2. The maximum atomic E-state index is 12.6. The monoisotopic (exact) mass is 397 g/mol. The van der Waals surface area contributed by atoms with Crippen molar-refractivity contribution in [1.82, 2.24) is 10.6 Å². The molecule has 1 heterocycles. The summed E-state index contributed by atoms with van der Waals surface area (Å²) in [5.74, 6) is -1.03.